The van der Waals surface area contributed by atoms with Gasteiger partial charge in [0.15, 0.2) is 0 Å². The summed E-state index contributed by atoms with van der Waals surface area (Å²) in [6.07, 6.45) is 16.1. The zero-order valence-electron chi connectivity index (χ0n) is 18.3. The second-order valence-electron chi connectivity index (χ2n) is 10.2. The first-order valence-corrected chi connectivity index (χ1v) is 12.4. The summed E-state index contributed by atoms with van der Waals surface area (Å²) in [6, 6.07) is 16.1. The number of aromatic nitrogens is 1. The van der Waals surface area contributed by atoms with Gasteiger partial charge in [-0.05, 0) is 77.2 Å². The van der Waals surface area contributed by atoms with Gasteiger partial charge in [-0.2, -0.15) is 0 Å². The molecule has 0 N–H and O–H groups in total. The highest BCUT2D eigenvalue weighted by molar-refractivity contribution is 6.81. The van der Waals surface area contributed by atoms with Gasteiger partial charge in [-0.25, -0.2) is 0 Å². The number of para-hydroxylation sites is 1. The molecule has 156 valence electrons. The summed E-state index contributed by atoms with van der Waals surface area (Å²) in [6.45, 7) is 0.321. The third-order valence-electron chi connectivity index (χ3n) is 8.86. The van der Waals surface area contributed by atoms with Crippen LogP contribution in [0.15, 0.2) is 89.9 Å². The molecule has 0 amide bonds. The van der Waals surface area contributed by atoms with Crippen molar-refractivity contribution in [3.63, 3.8) is 0 Å². The van der Waals surface area contributed by atoms with Gasteiger partial charge in [-0.1, -0.05) is 54.6 Å². The average molecular weight is 423 g/mol. The molecule has 0 saturated heterocycles. The first-order chi connectivity index (χ1) is 16.4. The van der Waals surface area contributed by atoms with Crippen LogP contribution >= 0.6 is 0 Å². The standard InChI is InChI=1S/C30H22BNO/c1-3-13-24-17(7-1)21-11-6-12-22-19-10-5-9-18-20-15-16-26-27(23-8-2-4-14-25(23)33-26)29(20)31(28(18)19)32(24)30(21)22/h1,3-5,7,9-10,12-16,27,29H,2,6,8,11H2. The Labute approximate surface area is 193 Å². The topological polar surface area (TPSA) is 14.2 Å². The molecule has 2 unspecified atom stereocenters. The maximum absolute atomic E-state index is 6.44. The summed E-state index contributed by atoms with van der Waals surface area (Å²) in [4.78, 5) is 0. The second kappa shape index (κ2) is 5.72. The Hall–Kier alpha value is -3.46. The van der Waals surface area contributed by atoms with Crippen LogP contribution in [-0.2, 0) is 11.2 Å². The summed E-state index contributed by atoms with van der Waals surface area (Å²) in [5.74, 6) is 3.00. The van der Waals surface area contributed by atoms with E-state index in [9.17, 15) is 0 Å². The molecule has 3 aliphatic carbocycles. The lowest BCUT2D eigenvalue weighted by atomic mass is 9.42. The molecule has 0 bridgehead atoms. The van der Waals surface area contributed by atoms with E-state index in [4.69, 9.17) is 4.74 Å². The minimum atomic E-state index is 0.321. The van der Waals surface area contributed by atoms with Gasteiger partial charge in [0, 0.05) is 33.9 Å². The SMILES string of the molecule is C1=CC2=C(CC1)C1C(=CC=C3c4cccc5c4B(C31)n1c3c(c4ccccc41)CCC=C53)O2. The molecule has 2 atom stereocenters. The van der Waals surface area contributed by atoms with Crippen molar-refractivity contribution < 1.29 is 4.74 Å². The highest BCUT2D eigenvalue weighted by atomic mass is 16.5. The summed E-state index contributed by atoms with van der Waals surface area (Å²) >= 11 is 0. The van der Waals surface area contributed by atoms with Crippen molar-refractivity contribution in [3.8, 4) is 0 Å². The first-order valence-electron chi connectivity index (χ1n) is 12.4. The summed E-state index contributed by atoms with van der Waals surface area (Å²) in [5, 5.41) is 1.44. The van der Waals surface area contributed by atoms with Gasteiger partial charge >= 0.3 is 6.85 Å². The maximum atomic E-state index is 6.44. The maximum Gasteiger partial charge on any atom is 0.303 e. The predicted molar refractivity (Wildman–Crippen MR) is 134 cm³/mol. The Morgan fingerprint density at radius 2 is 1.88 bits per heavy atom. The Balaban J connectivity index is 1.40. The number of allylic oxidation sites excluding steroid dienone is 7. The third-order valence-corrected chi connectivity index (χ3v) is 8.86. The quantitative estimate of drug-likeness (QED) is 0.405. The van der Waals surface area contributed by atoms with Gasteiger partial charge in [0.1, 0.15) is 11.5 Å². The molecular weight excluding hydrogens is 401 g/mol. The van der Waals surface area contributed by atoms with E-state index >= 15 is 0 Å². The van der Waals surface area contributed by atoms with Crippen LogP contribution in [0.2, 0.25) is 5.82 Å². The Kier molecular flexibility index (Phi) is 2.96. The van der Waals surface area contributed by atoms with E-state index in [-0.39, 0.29) is 0 Å². The number of fused-ring (bicyclic) bond motifs is 11. The molecule has 2 nitrogen and oxygen atoms in total. The highest BCUT2D eigenvalue weighted by Gasteiger charge is 2.55. The molecule has 3 aromatic rings. The lowest BCUT2D eigenvalue weighted by Gasteiger charge is -2.35. The normalized spacial score (nSPS) is 25.0. The Morgan fingerprint density at radius 3 is 2.88 bits per heavy atom. The molecule has 3 heteroatoms. The van der Waals surface area contributed by atoms with Crippen LogP contribution in [0.4, 0.5) is 0 Å². The van der Waals surface area contributed by atoms with Gasteiger partial charge < -0.3 is 9.21 Å². The van der Waals surface area contributed by atoms with E-state index in [1.165, 1.54) is 49.9 Å². The fourth-order valence-corrected chi connectivity index (χ4v) is 7.75. The van der Waals surface area contributed by atoms with Crippen molar-refractivity contribution >= 4 is 34.4 Å². The fraction of sp³-hybridized carbons (Fsp3) is 0.200. The van der Waals surface area contributed by atoms with E-state index in [1.807, 2.05) is 0 Å². The zero-order chi connectivity index (χ0) is 21.3. The number of ether oxygens (including phenoxy) is 1. The predicted octanol–water partition coefficient (Wildman–Crippen LogP) is 5.99. The van der Waals surface area contributed by atoms with Crippen LogP contribution in [0.25, 0.3) is 22.0 Å². The molecule has 33 heavy (non-hydrogen) atoms. The molecule has 0 saturated carbocycles. The van der Waals surface area contributed by atoms with E-state index in [0.29, 0.717) is 18.6 Å². The monoisotopic (exact) mass is 423 g/mol. The highest BCUT2D eigenvalue weighted by Crippen LogP contribution is 2.58. The average Bonchev–Trinajstić information content (AvgIpc) is 3.51. The van der Waals surface area contributed by atoms with Crippen LogP contribution in [0.5, 0.6) is 0 Å². The smallest absolute Gasteiger partial charge is 0.303 e. The summed E-state index contributed by atoms with van der Waals surface area (Å²) in [7, 11) is 0. The Morgan fingerprint density at radius 1 is 0.939 bits per heavy atom. The molecule has 9 rings (SSSR count). The molecule has 0 spiro atoms. The van der Waals surface area contributed by atoms with Crippen molar-refractivity contribution in [2.75, 3.05) is 0 Å². The van der Waals surface area contributed by atoms with Crippen molar-refractivity contribution in [1.29, 1.82) is 0 Å². The van der Waals surface area contributed by atoms with Gasteiger partial charge in [0.2, 0.25) is 0 Å². The zero-order valence-corrected chi connectivity index (χ0v) is 18.3. The summed E-state index contributed by atoms with van der Waals surface area (Å²) in [5.41, 5.74) is 13.3. The van der Waals surface area contributed by atoms with E-state index in [2.05, 4.69) is 77.3 Å². The van der Waals surface area contributed by atoms with Crippen LogP contribution < -0.4 is 5.46 Å². The molecule has 6 aliphatic rings. The number of hydrogen-bond acceptors (Lipinski definition) is 1. The number of hydrogen-bond donors (Lipinski definition) is 0. The molecule has 0 radical (unpaired) electrons. The fourth-order valence-electron chi connectivity index (χ4n) is 7.75. The van der Waals surface area contributed by atoms with Gasteiger partial charge in [-0.15, -0.1) is 0 Å². The van der Waals surface area contributed by atoms with Crippen LogP contribution in [0.1, 0.15) is 41.6 Å². The Bertz CT molecular complexity index is 1610. The second-order valence-corrected chi connectivity index (χ2v) is 10.2. The van der Waals surface area contributed by atoms with Gasteiger partial charge in [0.25, 0.3) is 0 Å². The van der Waals surface area contributed by atoms with Crippen molar-refractivity contribution in [2.45, 2.75) is 31.5 Å². The lowest BCUT2D eigenvalue weighted by molar-refractivity contribution is 0.316. The largest absolute Gasteiger partial charge is 0.461 e. The van der Waals surface area contributed by atoms with Crippen LogP contribution in [0.3, 0.4) is 0 Å². The lowest BCUT2D eigenvalue weighted by Crippen LogP contribution is -2.46. The summed E-state index contributed by atoms with van der Waals surface area (Å²) < 4.78 is 9.17. The third kappa shape index (κ3) is 1.88. The molecule has 4 heterocycles. The van der Waals surface area contributed by atoms with E-state index in [0.717, 1.165) is 37.2 Å². The molecular formula is C30H22BNO. The minimum absolute atomic E-state index is 0.321. The van der Waals surface area contributed by atoms with Crippen LogP contribution in [0, 0.1) is 5.92 Å². The van der Waals surface area contributed by atoms with E-state index < -0.39 is 0 Å². The van der Waals surface area contributed by atoms with Crippen molar-refractivity contribution in [1.82, 2.24) is 4.48 Å². The van der Waals surface area contributed by atoms with Crippen molar-refractivity contribution in [2.24, 2.45) is 5.92 Å². The number of aryl methyl sites for hydroxylation is 1. The number of nitrogens with zero attached hydrogens (tertiary/aromatic N) is 1. The van der Waals surface area contributed by atoms with Gasteiger partial charge in [0.05, 0.1) is 0 Å². The van der Waals surface area contributed by atoms with Gasteiger partial charge in [-0.3, -0.25) is 0 Å². The van der Waals surface area contributed by atoms with Crippen molar-refractivity contribution in [3.05, 3.63) is 112 Å². The van der Waals surface area contributed by atoms with Crippen LogP contribution in [-0.4, -0.2) is 11.3 Å². The molecule has 0 fully saturated rings. The van der Waals surface area contributed by atoms with E-state index in [1.54, 1.807) is 5.56 Å². The minimum Gasteiger partial charge on any atom is -0.461 e. The first kappa shape index (κ1) is 17.1. The number of benzene rings is 2. The molecule has 2 aromatic carbocycles. The molecule has 3 aliphatic heterocycles. The molecule has 1 aromatic heterocycles. The number of rotatable bonds is 0.